The Labute approximate surface area is 218 Å². The highest BCUT2D eigenvalue weighted by Crippen LogP contribution is 2.31. The monoisotopic (exact) mass is 517 g/mol. The molecule has 1 unspecified atom stereocenters. The van der Waals surface area contributed by atoms with Gasteiger partial charge in [0.15, 0.2) is 0 Å². The minimum absolute atomic E-state index is 0.0689. The zero-order chi connectivity index (χ0) is 25.9. The van der Waals surface area contributed by atoms with E-state index in [1.54, 1.807) is 22.9 Å². The Morgan fingerprint density at radius 3 is 2.78 bits per heavy atom. The third-order valence-corrected chi connectivity index (χ3v) is 6.78. The highest BCUT2D eigenvalue weighted by molar-refractivity contribution is 6.30. The number of benzene rings is 2. The van der Waals surface area contributed by atoms with Crippen molar-refractivity contribution in [3.63, 3.8) is 0 Å². The van der Waals surface area contributed by atoms with Gasteiger partial charge in [-0.3, -0.25) is 4.79 Å². The summed E-state index contributed by atoms with van der Waals surface area (Å²) in [5.41, 5.74) is 4.50. The summed E-state index contributed by atoms with van der Waals surface area (Å²) in [7, 11) is 0. The fraction of sp³-hybridized carbons (Fsp3) is 0.222. The first-order valence-electron chi connectivity index (χ1n) is 11.9. The van der Waals surface area contributed by atoms with Gasteiger partial charge in [-0.05, 0) is 65.7 Å². The van der Waals surface area contributed by atoms with Crippen LogP contribution < -0.4 is 0 Å². The van der Waals surface area contributed by atoms with Gasteiger partial charge in [0.1, 0.15) is 18.0 Å². The summed E-state index contributed by atoms with van der Waals surface area (Å²) >= 11 is 6.31. The molecular weight excluding hydrogens is 493 g/mol. The Morgan fingerprint density at radius 2 is 2.08 bits per heavy atom. The van der Waals surface area contributed by atoms with Crippen molar-refractivity contribution >= 4 is 34.1 Å². The normalized spacial score (nSPS) is 15.1. The van der Waals surface area contributed by atoms with Crippen molar-refractivity contribution in [2.45, 2.75) is 25.7 Å². The Hall–Kier alpha value is -4.11. The van der Waals surface area contributed by atoms with Crippen LogP contribution in [-0.2, 0) is 4.79 Å². The van der Waals surface area contributed by atoms with Gasteiger partial charge in [0, 0.05) is 36.0 Å². The zero-order valence-electron chi connectivity index (χ0n) is 20.2. The van der Waals surface area contributed by atoms with Crippen LogP contribution in [0.5, 0.6) is 0 Å². The van der Waals surface area contributed by atoms with Gasteiger partial charge in [0.05, 0.1) is 16.7 Å². The van der Waals surface area contributed by atoms with Gasteiger partial charge in [-0.2, -0.15) is 4.68 Å². The lowest BCUT2D eigenvalue weighted by Gasteiger charge is -2.32. The van der Waals surface area contributed by atoms with Gasteiger partial charge in [0.2, 0.25) is 5.91 Å². The van der Waals surface area contributed by atoms with Gasteiger partial charge in [-0.1, -0.05) is 42.0 Å². The zero-order valence-corrected chi connectivity index (χ0v) is 21.0. The molecule has 1 aliphatic rings. The van der Waals surface area contributed by atoms with Crippen molar-refractivity contribution < 1.29 is 9.18 Å². The van der Waals surface area contributed by atoms with E-state index in [1.165, 1.54) is 18.5 Å². The molecule has 2 aromatic heterocycles. The van der Waals surface area contributed by atoms with Crippen molar-refractivity contribution in [1.82, 2.24) is 35.1 Å². The molecule has 0 saturated carbocycles. The molecule has 4 aromatic rings. The van der Waals surface area contributed by atoms with E-state index in [9.17, 15) is 9.18 Å². The molecule has 37 heavy (non-hydrogen) atoms. The highest BCUT2D eigenvalue weighted by atomic mass is 35.5. The number of likely N-dealkylation sites (tertiary alicyclic amines) is 1. The number of tetrazole rings is 1. The fourth-order valence-corrected chi connectivity index (χ4v) is 4.50. The lowest BCUT2D eigenvalue weighted by molar-refractivity contribution is -0.134. The maximum atomic E-state index is 13.8. The number of amides is 1. The van der Waals surface area contributed by atoms with Crippen LogP contribution in [-0.4, -0.2) is 54.1 Å². The van der Waals surface area contributed by atoms with Crippen LogP contribution in [0.15, 0.2) is 73.1 Å². The maximum absolute atomic E-state index is 13.8. The molecule has 1 N–H and O–H groups in total. The second-order valence-corrected chi connectivity index (χ2v) is 9.36. The van der Waals surface area contributed by atoms with Gasteiger partial charge < -0.3 is 9.88 Å². The smallest absolute Gasteiger partial charge is 0.223 e. The van der Waals surface area contributed by atoms with Crippen LogP contribution in [0.2, 0.25) is 5.02 Å². The summed E-state index contributed by atoms with van der Waals surface area (Å²) in [6, 6.07) is 9.85. The first kappa shape index (κ1) is 24.6. The molecule has 1 aliphatic heterocycles. The molecule has 0 spiro atoms. The number of aromatic nitrogens is 6. The van der Waals surface area contributed by atoms with Crippen LogP contribution in [0.25, 0.3) is 22.3 Å². The first-order chi connectivity index (χ1) is 17.9. The van der Waals surface area contributed by atoms with Crippen LogP contribution in [0.3, 0.4) is 0 Å². The topological polar surface area (TPSA) is 92.6 Å². The molecule has 5 rings (SSSR count). The second-order valence-electron chi connectivity index (χ2n) is 8.93. The number of hydrogen-bond acceptors (Lipinski definition) is 5. The Morgan fingerprint density at radius 1 is 1.24 bits per heavy atom. The second kappa shape index (κ2) is 10.5. The molecule has 0 aliphatic carbocycles. The van der Waals surface area contributed by atoms with E-state index in [-0.39, 0.29) is 24.1 Å². The van der Waals surface area contributed by atoms with Crippen molar-refractivity contribution in [2.75, 3.05) is 13.1 Å². The van der Waals surface area contributed by atoms with Crippen molar-refractivity contribution in [3.8, 4) is 5.69 Å². The third-order valence-electron chi connectivity index (χ3n) is 6.54. The molecule has 1 fully saturated rings. The van der Waals surface area contributed by atoms with E-state index in [1.807, 2.05) is 36.1 Å². The predicted octanol–water partition coefficient (Wildman–Crippen LogP) is 5.25. The number of carbonyl (C=O) groups is 1. The molecule has 0 bridgehead atoms. The number of aromatic amines is 1. The number of carbonyl (C=O) groups excluding carboxylic acids is 1. The van der Waals surface area contributed by atoms with Gasteiger partial charge in [-0.15, -0.1) is 5.10 Å². The van der Waals surface area contributed by atoms with Gasteiger partial charge in [0.25, 0.3) is 0 Å². The number of fused-ring (bicyclic) bond motifs is 1. The minimum Gasteiger partial charge on any atom is -0.343 e. The summed E-state index contributed by atoms with van der Waals surface area (Å²) in [5.74, 6) is 0.0270. The highest BCUT2D eigenvalue weighted by Gasteiger charge is 2.27. The summed E-state index contributed by atoms with van der Waals surface area (Å²) in [6.07, 6.45) is 8.39. The maximum Gasteiger partial charge on any atom is 0.223 e. The molecule has 1 amide bonds. The van der Waals surface area contributed by atoms with Gasteiger partial charge >= 0.3 is 0 Å². The molecule has 188 valence electrons. The summed E-state index contributed by atoms with van der Waals surface area (Å²) in [4.78, 5) is 22.7. The summed E-state index contributed by atoms with van der Waals surface area (Å²) in [6.45, 7) is 7.48. The third kappa shape index (κ3) is 5.22. The molecule has 3 heterocycles. The standard InChI is InChI=1S/C27H25ClFN7O/c1-3-18(22-13-19(28)7-10-25(22)36-16-30-33-34-36)6-5-17(2)21(15-26(37)35-11-4-12-35)27-31-23-9-8-20(29)14-24(23)32-27/h3,5-10,13-14,16,21H,1,4,11-12,15H2,2H3,(H,31,32)/b17-5+,18-6+. The predicted molar refractivity (Wildman–Crippen MR) is 141 cm³/mol. The van der Waals surface area contributed by atoms with Crippen LogP contribution in [0.4, 0.5) is 4.39 Å². The van der Waals surface area contributed by atoms with Crippen molar-refractivity contribution in [1.29, 1.82) is 0 Å². The Kier molecular flexibility index (Phi) is 6.96. The number of hydrogen-bond donors (Lipinski definition) is 1. The number of H-pyrrole nitrogens is 1. The first-order valence-corrected chi connectivity index (χ1v) is 12.3. The molecule has 1 saturated heterocycles. The molecule has 10 heteroatoms. The number of allylic oxidation sites excluding steroid dienone is 5. The van der Waals surface area contributed by atoms with E-state index in [0.29, 0.717) is 21.9 Å². The Balaban J connectivity index is 1.53. The van der Waals surface area contributed by atoms with Crippen LogP contribution in [0, 0.1) is 5.82 Å². The molecule has 2 aromatic carbocycles. The van der Waals surface area contributed by atoms with Crippen LogP contribution in [0.1, 0.15) is 37.1 Å². The minimum atomic E-state index is -0.346. The number of nitrogens with one attached hydrogen (secondary N) is 1. The molecule has 1 atom stereocenters. The number of nitrogens with zero attached hydrogens (tertiary/aromatic N) is 6. The van der Waals surface area contributed by atoms with E-state index in [4.69, 9.17) is 11.6 Å². The SMILES string of the molecule is C=C/C(=C\C=C(/C)C(CC(=O)N1CCC1)c1nc2ccc(F)cc2[nH]1)c1cc(Cl)ccc1-n1cnnn1. The lowest BCUT2D eigenvalue weighted by atomic mass is 9.93. The number of imidazole rings is 1. The van der Waals surface area contributed by atoms with Gasteiger partial charge in [-0.25, -0.2) is 9.37 Å². The fourth-order valence-electron chi connectivity index (χ4n) is 4.33. The van der Waals surface area contributed by atoms with Crippen LogP contribution >= 0.6 is 11.6 Å². The quantitative estimate of drug-likeness (QED) is 0.322. The number of rotatable bonds is 8. The largest absolute Gasteiger partial charge is 0.343 e. The van der Waals surface area contributed by atoms with Crippen molar-refractivity contribution in [2.24, 2.45) is 0 Å². The molecule has 0 radical (unpaired) electrons. The van der Waals surface area contributed by atoms with E-state index in [0.717, 1.165) is 41.9 Å². The van der Waals surface area contributed by atoms with Crippen molar-refractivity contribution in [3.05, 3.63) is 95.3 Å². The molecular formula is C27H25ClFN7O. The summed E-state index contributed by atoms with van der Waals surface area (Å²) in [5, 5.41) is 12.0. The summed E-state index contributed by atoms with van der Waals surface area (Å²) < 4.78 is 15.3. The van der Waals surface area contributed by atoms with E-state index in [2.05, 4.69) is 32.1 Å². The van der Waals surface area contributed by atoms with E-state index >= 15 is 0 Å². The average molecular weight is 518 g/mol. The Bertz CT molecular complexity index is 1520. The average Bonchev–Trinajstić information content (AvgIpc) is 3.51. The number of halogens is 2. The van der Waals surface area contributed by atoms with E-state index < -0.39 is 0 Å². The lowest BCUT2D eigenvalue weighted by Crippen LogP contribution is -2.42. The molecule has 8 nitrogen and oxygen atoms in total.